The summed E-state index contributed by atoms with van der Waals surface area (Å²) in [5, 5.41) is 2.91. The van der Waals surface area contributed by atoms with E-state index in [1.54, 1.807) is 13.8 Å². The quantitative estimate of drug-likeness (QED) is 0.822. The number of ether oxygens (including phenoxy) is 1. The van der Waals surface area contributed by atoms with Crippen molar-refractivity contribution < 1.29 is 17.9 Å². The minimum atomic E-state index is -3.21. The van der Waals surface area contributed by atoms with Gasteiger partial charge in [0.25, 0.3) is 0 Å². The van der Waals surface area contributed by atoms with Crippen LogP contribution in [0.3, 0.4) is 0 Å². The van der Waals surface area contributed by atoms with Crippen LogP contribution in [0.5, 0.6) is 11.8 Å². The molecule has 0 spiro atoms. The minimum absolute atomic E-state index is 0.139. The number of benzene rings is 1. The van der Waals surface area contributed by atoms with Crippen molar-refractivity contribution in [3.8, 4) is 11.8 Å². The summed E-state index contributed by atoms with van der Waals surface area (Å²) in [7, 11) is -3.21. The van der Waals surface area contributed by atoms with Crippen molar-refractivity contribution in [3.05, 3.63) is 41.7 Å². The fourth-order valence-corrected chi connectivity index (χ4v) is 4.06. The highest BCUT2D eigenvalue weighted by Crippen LogP contribution is 2.25. The Balaban J connectivity index is 1.66. The standard InChI is InChI=1S/C19H24N4O4S/c1-13-17(14(2)21-19(20-13)27-16-7-5-4-6-8-16)22-18(24)15-9-11-23(12-10-15)28(3,25)26/h4-8,15H,9-12H2,1-3H3,(H,22,24). The zero-order chi connectivity index (χ0) is 20.3. The van der Waals surface area contributed by atoms with Crippen molar-refractivity contribution in [2.24, 2.45) is 5.92 Å². The third-order valence-electron chi connectivity index (χ3n) is 4.74. The van der Waals surface area contributed by atoms with Crippen LogP contribution in [0.4, 0.5) is 5.69 Å². The Morgan fingerprint density at radius 3 is 2.21 bits per heavy atom. The molecule has 1 saturated heterocycles. The molecule has 1 aromatic carbocycles. The highest BCUT2D eigenvalue weighted by atomic mass is 32.2. The van der Waals surface area contributed by atoms with Crippen LogP contribution in [0.1, 0.15) is 24.2 Å². The molecule has 0 unspecified atom stereocenters. The highest BCUT2D eigenvalue weighted by Gasteiger charge is 2.29. The summed E-state index contributed by atoms with van der Waals surface area (Å²) in [6, 6.07) is 9.46. The summed E-state index contributed by atoms with van der Waals surface area (Å²) < 4.78 is 30.3. The van der Waals surface area contributed by atoms with Crippen molar-refractivity contribution in [1.29, 1.82) is 0 Å². The van der Waals surface area contributed by atoms with Crippen molar-refractivity contribution in [1.82, 2.24) is 14.3 Å². The van der Waals surface area contributed by atoms with Crippen molar-refractivity contribution in [2.45, 2.75) is 26.7 Å². The SMILES string of the molecule is Cc1nc(Oc2ccccc2)nc(C)c1NC(=O)C1CCN(S(C)(=O)=O)CC1. The lowest BCUT2D eigenvalue weighted by Gasteiger charge is -2.29. The molecule has 150 valence electrons. The molecule has 2 aromatic rings. The van der Waals surface area contributed by atoms with Crippen LogP contribution in [0.2, 0.25) is 0 Å². The van der Waals surface area contributed by atoms with Gasteiger partial charge >= 0.3 is 6.01 Å². The molecule has 0 bridgehead atoms. The van der Waals surface area contributed by atoms with Gasteiger partial charge < -0.3 is 10.1 Å². The maximum absolute atomic E-state index is 12.6. The van der Waals surface area contributed by atoms with Crippen LogP contribution < -0.4 is 10.1 Å². The van der Waals surface area contributed by atoms with Crippen LogP contribution in [-0.4, -0.2) is 47.9 Å². The zero-order valence-corrected chi connectivity index (χ0v) is 17.0. The summed E-state index contributed by atoms with van der Waals surface area (Å²) in [4.78, 5) is 21.3. The molecule has 9 heteroatoms. The molecule has 0 aliphatic carbocycles. The number of carbonyl (C=O) groups is 1. The van der Waals surface area contributed by atoms with Gasteiger partial charge in [-0.1, -0.05) is 18.2 Å². The van der Waals surface area contributed by atoms with E-state index in [1.807, 2.05) is 30.3 Å². The molecule has 2 heterocycles. The van der Waals surface area contributed by atoms with Crippen molar-refractivity contribution >= 4 is 21.6 Å². The number of rotatable bonds is 5. The average molecular weight is 404 g/mol. The van der Waals surface area contributed by atoms with E-state index in [0.29, 0.717) is 48.8 Å². The number of nitrogens with one attached hydrogen (secondary N) is 1. The second kappa shape index (κ2) is 8.24. The topological polar surface area (TPSA) is 101 Å². The van der Waals surface area contributed by atoms with Crippen LogP contribution in [0.25, 0.3) is 0 Å². The zero-order valence-electron chi connectivity index (χ0n) is 16.2. The van der Waals surface area contributed by atoms with Gasteiger partial charge in [0.2, 0.25) is 15.9 Å². The Kier molecular flexibility index (Phi) is 5.95. The Morgan fingerprint density at radius 1 is 1.11 bits per heavy atom. The molecule has 0 atom stereocenters. The Labute approximate surface area is 165 Å². The fraction of sp³-hybridized carbons (Fsp3) is 0.421. The second-order valence-corrected chi connectivity index (χ2v) is 8.88. The maximum atomic E-state index is 12.6. The lowest BCUT2D eigenvalue weighted by molar-refractivity contribution is -0.120. The van der Waals surface area contributed by atoms with Gasteiger partial charge in [-0.05, 0) is 38.8 Å². The molecule has 8 nitrogen and oxygen atoms in total. The number of aromatic nitrogens is 2. The molecule has 1 fully saturated rings. The van der Waals surface area contributed by atoms with Crippen molar-refractivity contribution in [2.75, 3.05) is 24.7 Å². The van der Waals surface area contributed by atoms with E-state index in [0.717, 1.165) is 0 Å². The minimum Gasteiger partial charge on any atom is -0.424 e. The molecule has 0 saturated carbocycles. The average Bonchev–Trinajstić information content (AvgIpc) is 2.65. The van der Waals surface area contributed by atoms with Crippen LogP contribution >= 0.6 is 0 Å². The molecular formula is C19H24N4O4S. The van der Waals surface area contributed by atoms with Gasteiger partial charge in [0, 0.05) is 19.0 Å². The van der Waals surface area contributed by atoms with E-state index in [9.17, 15) is 13.2 Å². The fourth-order valence-electron chi connectivity index (χ4n) is 3.18. The molecule has 28 heavy (non-hydrogen) atoms. The largest absolute Gasteiger partial charge is 0.424 e. The van der Waals surface area contributed by atoms with Crippen LogP contribution in [0.15, 0.2) is 30.3 Å². The van der Waals surface area contributed by atoms with Crippen LogP contribution in [0, 0.1) is 19.8 Å². The first-order valence-electron chi connectivity index (χ1n) is 9.08. The summed E-state index contributed by atoms with van der Waals surface area (Å²) >= 11 is 0. The van der Waals surface area contributed by atoms with E-state index in [4.69, 9.17) is 4.74 Å². The van der Waals surface area contributed by atoms with Gasteiger partial charge in [-0.25, -0.2) is 12.7 Å². The highest BCUT2D eigenvalue weighted by molar-refractivity contribution is 7.88. The first kappa shape index (κ1) is 20.2. The van der Waals surface area contributed by atoms with Crippen molar-refractivity contribution in [3.63, 3.8) is 0 Å². The van der Waals surface area contributed by atoms with E-state index >= 15 is 0 Å². The maximum Gasteiger partial charge on any atom is 0.322 e. The van der Waals surface area contributed by atoms with E-state index in [1.165, 1.54) is 10.6 Å². The third kappa shape index (κ3) is 4.85. The second-order valence-electron chi connectivity index (χ2n) is 6.89. The van der Waals surface area contributed by atoms with Gasteiger partial charge in [-0.2, -0.15) is 9.97 Å². The number of hydrogen-bond acceptors (Lipinski definition) is 6. The van der Waals surface area contributed by atoms with Gasteiger partial charge in [0.05, 0.1) is 23.3 Å². The number of hydrogen-bond donors (Lipinski definition) is 1. The number of piperidine rings is 1. The molecule has 1 aromatic heterocycles. The first-order valence-corrected chi connectivity index (χ1v) is 10.9. The molecule has 1 aliphatic rings. The van der Waals surface area contributed by atoms with E-state index in [-0.39, 0.29) is 17.8 Å². The number of para-hydroxylation sites is 1. The number of carbonyl (C=O) groups excluding carboxylic acids is 1. The Bertz CT molecular complexity index is 932. The van der Waals surface area contributed by atoms with Gasteiger partial charge in [0.1, 0.15) is 5.75 Å². The molecule has 0 radical (unpaired) electrons. The van der Waals surface area contributed by atoms with Gasteiger partial charge in [-0.15, -0.1) is 0 Å². The number of nitrogens with zero attached hydrogens (tertiary/aromatic N) is 3. The molecular weight excluding hydrogens is 380 g/mol. The predicted octanol–water partition coefficient (Wildman–Crippen LogP) is 2.50. The van der Waals surface area contributed by atoms with E-state index in [2.05, 4.69) is 15.3 Å². The number of amides is 1. The normalized spacial score (nSPS) is 16.0. The number of aryl methyl sites for hydroxylation is 2. The van der Waals surface area contributed by atoms with Crippen LogP contribution in [-0.2, 0) is 14.8 Å². The molecule has 1 N–H and O–H groups in total. The Morgan fingerprint density at radius 2 is 1.68 bits per heavy atom. The van der Waals surface area contributed by atoms with E-state index < -0.39 is 10.0 Å². The molecule has 3 rings (SSSR count). The summed E-state index contributed by atoms with van der Waals surface area (Å²) in [6.07, 6.45) is 2.18. The molecule has 1 aliphatic heterocycles. The monoisotopic (exact) mass is 404 g/mol. The third-order valence-corrected chi connectivity index (χ3v) is 6.05. The lowest BCUT2D eigenvalue weighted by Crippen LogP contribution is -2.41. The summed E-state index contributed by atoms with van der Waals surface area (Å²) in [5.41, 5.74) is 1.79. The lowest BCUT2D eigenvalue weighted by atomic mass is 9.97. The summed E-state index contributed by atoms with van der Waals surface area (Å²) in [6.45, 7) is 4.29. The predicted molar refractivity (Wildman–Crippen MR) is 106 cm³/mol. The number of sulfonamides is 1. The smallest absolute Gasteiger partial charge is 0.322 e. The summed E-state index contributed by atoms with van der Waals surface area (Å²) in [5.74, 6) is 0.257. The Hall–Kier alpha value is -2.52. The van der Waals surface area contributed by atoms with Gasteiger partial charge in [0.15, 0.2) is 0 Å². The number of anilines is 1. The first-order chi connectivity index (χ1) is 13.2. The molecule has 1 amide bonds. The van der Waals surface area contributed by atoms with Gasteiger partial charge in [-0.3, -0.25) is 4.79 Å².